The van der Waals surface area contributed by atoms with Gasteiger partial charge in [0.1, 0.15) is 5.82 Å². The summed E-state index contributed by atoms with van der Waals surface area (Å²) >= 11 is 6.34. The van der Waals surface area contributed by atoms with Crippen LogP contribution in [0.15, 0.2) is 45.1 Å². The molecule has 0 fully saturated rings. The molecule has 0 aliphatic carbocycles. The van der Waals surface area contributed by atoms with Crippen molar-refractivity contribution in [1.29, 1.82) is 0 Å². The van der Waals surface area contributed by atoms with E-state index in [0.29, 0.717) is 5.75 Å². The monoisotopic (exact) mass is 332 g/mol. The molecule has 0 amide bonds. The molecule has 0 radical (unpaired) electrons. The van der Waals surface area contributed by atoms with Gasteiger partial charge < -0.3 is 5.11 Å². The lowest BCUT2D eigenvalue weighted by molar-refractivity contribution is 0.207. The van der Waals surface area contributed by atoms with Gasteiger partial charge in [0.25, 0.3) is 0 Å². The maximum Gasteiger partial charge on any atom is 0.124 e. The fourth-order valence-electron chi connectivity index (χ4n) is 1.35. The van der Waals surface area contributed by atoms with Gasteiger partial charge in [-0.15, -0.1) is 23.1 Å². The van der Waals surface area contributed by atoms with Crippen molar-refractivity contribution in [3.8, 4) is 0 Å². The minimum atomic E-state index is -0.530. The van der Waals surface area contributed by atoms with E-state index in [9.17, 15) is 9.50 Å². The highest BCUT2D eigenvalue weighted by atomic mass is 79.9. The number of thiophene rings is 1. The molecule has 1 aromatic heterocycles. The summed E-state index contributed by atoms with van der Waals surface area (Å²) in [5.74, 6) is 0.268. The first-order valence-electron chi connectivity index (χ1n) is 4.96. The molecule has 0 aliphatic rings. The van der Waals surface area contributed by atoms with E-state index in [2.05, 4.69) is 15.9 Å². The number of thioether (sulfide) groups is 1. The van der Waals surface area contributed by atoms with Gasteiger partial charge in [0, 0.05) is 20.0 Å². The highest BCUT2D eigenvalue weighted by Crippen LogP contribution is 2.32. The smallest absolute Gasteiger partial charge is 0.124 e. The third kappa shape index (κ3) is 3.55. The Bertz CT molecular complexity index is 501. The quantitative estimate of drug-likeness (QED) is 0.833. The normalized spacial score (nSPS) is 12.6. The Morgan fingerprint density at radius 1 is 1.41 bits per heavy atom. The third-order valence-corrected chi connectivity index (χ3v) is 5.19. The first-order chi connectivity index (χ1) is 8.16. The van der Waals surface area contributed by atoms with Gasteiger partial charge in [-0.25, -0.2) is 4.39 Å². The molecule has 0 aliphatic heterocycles. The van der Waals surface area contributed by atoms with Crippen LogP contribution in [-0.2, 0) is 0 Å². The van der Waals surface area contributed by atoms with Crippen LogP contribution in [0.3, 0.4) is 0 Å². The van der Waals surface area contributed by atoms with Gasteiger partial charge in [-0.05, 0) is 45.6 Å². The van der Waals surface area contributed by atoms with Crippen molar-refractivity contribution in [1.82, 2.24) is 0 Å². The number of hydrogen-bond acceptors (Lipinski definition) is 3. The minimum absolute atomic E-state index is 0.248. The summed E-state index contributed by atoms with van der Waals surface area (Å²) in [6, 6.07) is 8.31. The van der Waals surface area contributed by atoms with E-state index in [-0.39, 0.29) is 5.82 Å². The molecule has 0 bridgehead atoms. The minimum Gasteiger partial charge on any atom is -0.387 e. The second-order valence-electron chi connectivity index (χ2n) is 3.42. The molecule has 0 saturated heterocycles. The van der Waals surface area contributed by atoms with E-state index < -0.39 is 6.10 Å². The number of aliphatic hydroxyl groups is 1. The molecule has 5 heteroatoms. The van der Waals surface area contributed by atoms with Crippen LogP contribution in [0.4, 0.5) is 4.39 Å². The van der Waals surface area contributed by atoms with Gasteiger partial charge in [-0.1, -0.05) is 6.07 Å². The Morgan fingerprint density at radius 2 is 2.24 bits per heavy atom. The van der Waals surface area contributed by atoms with Gasteiger partial charge in [-0.3, -0.25) is 0 Å². The van der Waals surface area contributed by atoms with Gasteiger partial charge in [0.2, 0.25) is 0 Å². The topological polar surface area (TPSA) is 20.2 Å². The highest BCUT2D eigenvalue weighted by Gasteiger charge is 2.13. The summed E-state index contributed by atoms with van der Waals surface area (Å²) in [7, 11) is 0. The van der Waals surface area contributed by atoms with Crippen LogP contribution in [0.25, 0.3) is 0 Å². The Morgan fingerprint density at radius 3 is 2.88 bits per heavy atom. The average molecular weight is 333 g/mol. The van der Waals surface area contributed by atoms with Crippen LogP contribution in [0, 0.1) is 5.82 Å². The summed E-state index contributed by atoms with van der Waals surface area (Å²) in [6.45, 7) is 0. The van der Waals surface area contributed by atoms with Crippen molar-refractivity contribution in [3.05, 3.63) is 50.9 Å². The maximum absolute atomic E-state index is 12.9. The predicted octanol–water partition coefficient (Wildman–Crippen LogP) is 4.48. The average Bonchev–Trinajstić information content (AvgIpc) is 2.72. The Labute approximate surface area is 116 Å². The van der Waals surface area contributed by atoms with Crippen LogP contribution < -0.4 is 0 Å². The summed E-state index contributed by atoms with van der Waals surface area (Å²) in [5.41, 5.74) is 0. The summed E-state index contributed by atoms with van der Waals surface area (Å²) < 4.78 is 13.9. The number of hydrogen-bond donors (Lipinski definition) is 1. The van der Waals surface area contributed by atoms with Crippen LogP contribution >= 0.6 is 39.0 Å². The summed E-state index contributed by atoms with van der Waals surface area (Å²) in [5, 5.41) is 11.9. The first kappa shape index (κ1) is 13.1. The van der Waals surface area contributed by atoms with E-state index in [1.165, 1.54) is 35.2 Å². The van der Waals surface area contributed by atoms with Crippen LogP contribution in [0.2, 0.25) is 0 Å². The van der Waals surface area contributed by atoms with Crippen LogP contribution in [-0.4, -0.2) is 10.9 Å². The van der Waals surface area contributed by atoms with Crippen LogP contribution in [0.1, 0.15) is 11.0 Å². The molecule has 1 atom stereocenters. The number of rotatable bonds is 4. The molecule has 1 aromatic carbocycles. The molecule has 1 nitrogen and oxygen atoms in total. The van der Waals surface area contributed by atoms with Gasteiger partial charge in [-0.2, -0.15) is 0 Å². The Kier molecular flexibility index (Phi) is 4.62. The summed E-state index contributed by atoms with van der Waals surface area (Å²) in [4.78, 5) is 1.74. The lowest BCUT2D eigenvalue weighted by Crippen LogP contribution is -1.98. The fourth-order valence-corrected chi connectivity index (χ4v) is 3.97. The SMILES string of the molecule is OC(CSc1cccc(F)c1)c1sccc1Br. The molecular weight excluding hydrogens is 323 g/mol. The molecule has 1 N–H and O–H groups in total. The number of halogens is 2. The zero-order chi connectivity index (χ0) is 12.3. The second kappa shape index (κ2) is 6.00. The molecule has 1 unspecified atom stereocenters. The molecule has 90 valence electrons. The van der Waals surface area contributed by atoms with Crippen molar-refractivity contribution in [2.24, 2.45) is 0 Å². The lowest BCUT2D eigenvalue weighted by atomic mass is 10.3. The van der Waals surface area contributed by atoms with Crippen molar-refractivity contribution in [2.45, 2.75) is 11.0 Å². The van der Waals surface area contributed by atoms with E-state index in [4.69, 9.17) is 0 Å². The first-order valence-corrected chi connectivity index (χ1v) is 7.62. The molecule has 2 rings (SSSR count). The fraction of sp³-hybridized carbons (Fsp3) is 0.167. The van der Waals surface area contributed by atoms with Gasteiger partial charge >= 0.3 is 0 Å². The molecular formula is C12H10BrFOS2. The molecule has 17 heavy (non-hydrogen) atoms. The molecule has 0 spiro atoms. The largest absolute Gasteiger partial charge is 0.387 e. The van der Waals surface area contributed by atoms with E-state index >= 15 is 0 Å². The predicted molar refractivity (Wildman–Crippen MR) is 74.1 cm³/mol. The Balaban J connectivity index is 1.97. The van der Waals surface area contributed by atoms with E-state index in [0.717, 1.165) is 14.2 Å². The standard InChI is InChI=1S/C12H10BrFOS2/c13-10-4-5-16-12(10)11(15)7-17-9-3-1-2-8(14)6-9/h1-6,11,15H,7H2. The third-order valence-electron chi connectivity index (χ3n) is 2.15. The van der Waals surface area contributed by atoms with Crippen LogP contribution in [0.5, 0.6) is 0 Å². The molecule has 2 aromatic rings. The second-order valence-corrected chi connectivity index (χ2v) is 6.31. The zero-order valence-corrected chi connectivity index (χ0v) is 12.0. The maximum atomic E-state index is 12.9. The van der Waals surface area contributed by atoms with Crippen molar-refractivity contribution < 1.29 is 9.50 Å². The molecule has 0 saturated carbocycles. The zero-order valence-electron chi connectivity index (χ0n) is 8.77. The number of aliphatic hydroxyl groups excluding tert-OH is 1. The van der Waals surface area contributed by atoms with Crippen molar-refractivity contribution >= 4 is 39.0 Å². The number of benzene rings is 1. The highest BCUT2D eigenvalue weighted by molar-refractivity contribution is 9.10. The van der Waals surface area contributed by atoms with Crippen molar-refractivity contribution in [2.75, 3.05) is 5.75 Å². The Hall–Kier alpha value is -0.360. The lowest BCUT2D eigenvalue weighted by Gasteiger charge is -2.09. The van der Waals surface area contributed by atoms with Gasteiger partial charge in [0.05, 0.1) is 6.10 Å². The van der Waals surface area contributed by atoms with E-state index in [1.807, 2.05) is 17.5 Å². The summed E-state index contributed by atoms with van der Waals surface area (Å²) in [6.07, 6.45) is -0.530. The van der Waals surface area contributed by atoms with E-state index in [1.54, 1.807) is 6.07 Å². The molecule has 1 heterocycles. The van der Waals surface area contributed by atoms with Crippen molar-refractivity contribution in [3.63, 3.8) is 0 Å². The van der Waals surface area contributed by atoms with Gasteiger partial charge in [0.15, 0.2) is 0 Å².